The summed E-state index contributed by atoms with van der Waals surface area (Å²) in [6, 6.07) is 5.39. The van der Waals surface area contributed by atoms with E-state index in [1.165, 1.54) is 0 Å². The SMILES string of the molecule is COc1ccc(OC)c(-c2onc(N)c2Br)c1. The lowest BCUT2D eigenvalue weighted by Crippen LogP contribution is -1.90. The molecule has 2 N–H and O–H groups in total. The number of ether oxygens (including phenoxy) is 2. The highest BCUT2D eigenvalue weighted by atomic mass is 79.9. The van der Waals surface area contributed by atoms with Crippen molar-refractivity contribution in [2.24, 2.45) is 0 Å². The smallest absolute Gasteiger partial charge is 0.187 e. The number of methoxy groups -OCH3 is 2. The molecule has 0 atom stereocenters. The number of hydrogen-bond donors (Lipinski definition) is 1. The van der Waals surface area contributed by atoms with Gasteiger partial charge in [-0.05, 0) is 34.1 Å². The van der Waals surface area contributed by atoms with Crippen LogP contribution in [0.25, 0.3) is 11.3 Å². The minimum atomic E-state index is 0.296. The van der Waals surface area contributed by atoms with Crippen LogP contribution in [0.4, 0.5) is 5.82 Å². The van der Waals surface area contributed by atoms with Crippen LogP contribution in [-0.2, 0) is 0 Å². The third-order valence-electron chi connectivity index (χ3n) is 2.31. The number of anilines is 1. The fraction of sp³-hybridized carbons (Fsp3) is 0.182. The molecule has 0 radical (unpaired) electrons. The second-order valence-electron chi connectivity index (χ2n) is 3.28. The van der Waals surface area contributed by atoms with E-state index in [1.807, 2.05) is 0 Å². The van der Waals surface area contributed by atoms with Crippen LogP contribution in [-0.4, -0.2) is 19.4 Å². The van der Waals surface area contributed by atoms with Gasteiger partial charge in [-0.3, -0.25) is 0 Å². The van der Waals surface area contributed by atoms with Crippen molar-refractivity contribution in [2.75, 3.05) is 20.0 Å². The number of nitrogens with zero attached hydrogens (tertiary/aromatic N) is 1. The van der Waals surface area contributed by atoms with Gasteiger partial charge in [0.15, 0.2) is 11.6 Å². The van der Waals surface area contributed by atoms with Gasteiger partial charge in [0.1, 0.15) is 16.0 Å². The molecule has 5 nitrogen and oxygen atoms in total. The van der Waals surface area contributed by atoms with E-state index in [9.17, 15) is 0 Å². The van der Waals surface area contributed by atoms with Gasteiger partial charge >= 0.3 is 0 Å². The van der Waals surface area contributed by atoms with Gasteiger partial charge in [0.25, 0.3) is 0 Å². The molecule has 90 valence electrons. The zero-order chi connectivity index (χ0) is 12.4. The third-order valence-corrected chi connectivity index (χ3v) is 3.08. The number of nitrogens with two attached hydrogens (primary N) is 1. The van der Waals surface area contributed by atoms with E-state index < -0.39 is 0 Å². The number of nitrogen functional groups attached to an aromatic ring is 1. The summed E-state index contributed by atoms with van der Waals surface area (Å²) >= 11 is 3.32. The lowest BCUT2D eigenvalue weighted by molar-refractivity contribution is 0.398. The van der Waals surface area contributed by atoms with Gasteiger partial charge in [0.05, 0.1) is 19.8 Å². The van der Waals surface area contributed by atoms with E-state index in [4.69, 9.17) is 19.7 Å². The molecule has 6 heteroatoms. The van der Waals surface area contributed by atoms with Crippen molar-refractivity contribution in [2.45, 2.75) is 0 Å². The Morgan fingerprint density at radius 3 is 2.59 bits per heavy atom. The van der Waals surface area contributed by atoms with Crippen LogP contribution in [0.1, 0.15) is 0 Å². The Morgan fingerprint density at radius 1 is 1.29 bits per heavy atom. The molecule has 17 heavy (non-hydrogen) atoms. The Kier molecular flexibility index (Phi) is 3.23. The maximum absolute atomic E-state index is 5.62. The van der Waals surface area contributed by atoms with E-state index in [0.717, 1.165) is 5.56 Å². The first kappa shape index (κ1) is 11.8. The molecule has 1 heterocycles. The average Bonchev–Trinajstić information content (AvgIpc) is 2.69. The number of aromatic nitrogens is 1. The summed E-state index contributed by atoms with van der Waals surface area (Å²) in [5.41, 5.74) is 6.34. The Labute approximate surface area is 107 Å². The lowest BCUT2D eigenvalue weighted by atomic mass is 10.1. The Balaban J connectivity index is 2.60. The van der Waals surface area contributed by atoms with E-state index in [2.05, 4.69) is 21.1 Å². The Hall–Kier alpha value is -1.69. The molecular formula is C11H11BrN2O3. The van der Waals surface area contributed by atoms with Crippen LogP contribution in [0.2, 0.25) is 0 Å². The van der Waals surface area contributed by atoms with Gasteiger partial charge in [-0.2, -0.15) is 0 Å². The Bertz CT molecular complexity index is 540. The monoisotopic (exact) mass is 298 g/mol. The van der Waals surface area contributed by atoms with Gasteiger partial charge in [0, 0.05) is 0 Å². The second-order valence-corrected chi connectivity index (χ2v) is 4.07. The molecule has 0 aliphatic rings. The molecule has 2 aromatic rings. The fourth-order valence-corrected chi connectivity index (χ4v) is 1.81. The highest BCUT2D eigenvalue weighted by Gasteiger charge is 2.17. The van der Waals surface area contributed by atoms with Gasteiger partial charge in [-0.25, -0.2) is 0 Å². The molecule has 0 unspecified atom stereocenters. The number of hydrogen-bond acceptors (Lipinski definition) is 5. The molecule has 0 aliphatic heterocycles. The third kappa shape index (κ3) is 2.08. The Morgan fingerprint density at radius 2 is 2.06 bits per heavy atom. The first-order valence-electron chi connectivity index (χ1n) is 4.80. The second kappa shape index (κ2) is 4.67. The summed E-state index contributed by atoms with van der Waals surface area (Å²) in [5.74, 6) is 2.16. The molecule has 0 fully saturated rings. The van der Waals surface area contributed by atoms with Gasteiger partial charge < -0.3 is 19.7 Å². The minimum Gasteiger partial charge on any atom is -0.497 e. The summed E-state index contributed by atoms with van der Waals surface area (Å²) in [6.07, 6.45) is 0. The number of rotatable bonds is 3. The molecule has 0 saturated heterocycles. The van der Waals surface area contributed by atoms with E-state index in [0.29, 0.717) is 27.5 Å². The summed E-state index contributed by atoms with van der Waals surface area (Å²) in [5, 5.41) is 3.68. The van der Waals surface area contributed by atoms with Crippen molar-refractivity contribution in [1.29, 1.82) is 0 Å². The zero-order valence-corrected chi connectivity index (χ0v) is 10.9. The van der Waals surface area contributed by atoms with Crippen LogP contribution in [0.5, 0.6) is 11.5 Å². The van der Waals surface area contributed by atoms with Gasteiger partial charge in [0.2, 0.25) is 0 Å². The topological polar surface area (TPSA) is 70.5 Å². The molecule has 1 aromatic carbocycles. The quantitative estimate of drug-likeness (QED) is 0.943. The zero-order valence-electron chi connectivity index (χ0n) is 9.36. The predicted molar refractivity (Wildman–Crippen MR) is 67.2 cm³/mol. The molecule has 2 rings (SSSR count). The highest BCUT2D eigenvalue weighted by Crippen LogP contribution is 2.39. The van der Waals surface area contributed by atoms with Crippen LogP contribution in [0.15, 0.2) is 27.2 Å². The van der Waals surface area contributed by atoms with Crippen LogP contribution in [0, 0.1) is 0 Å². The summed E-state index contributed by atoms with van der Waals surface area (Å²) < 4.78 is 16.2. The average molecular weight is 299 g/mol. The molecular weight excluding hydrogens is 288 g/mol. The highest BCUT2D eigenvalue weighted by molar-refractivity contribution is 9.10. The normalized spacial score (nSPS) is 10.3. The van der Waals surface area contributed by atoms with Crippen molar-refractivity contribution in [3.05, 3.63) is 22.7 Å². The van der Waals surface area contributed by atoms with E-state index >= 15 is 0 Å². The summed E-state index contributed by atoms with van der Waals surface area (Å²) in [6.45, 7) is 0. The van der Waals surface area contributed by atoms with Crippen LogP contribution >= 0.6 is 15.9 Å². The first-order chi connectivity index (χ1) is 8.17. The first-order valence-corrected chi connectivity index (χ1v) is 5.59. The maximum Gasteiger partial charge on any atom is 0.187 e. The fourth-order valence-electron chi connectivity index (χ4n) is 1.45. The van der Waals surface area contributed by atoms with Crippen molar-refractivity contribution in [3.8, 4) is 22.8 Å². The van der Waals surface area contributed by atoms with Crippen LogP contribution < -0.4 is 15.2 Å². The molecule has 1 aromatic heterocycles. The van der Waals surface area contributed by atoms with Crippen LogP contribution in [0.3, 0.4) is 0 Å². The minimum absolute atomic E-state index is 0.296. The van der Waals surface area contributed by atoms with E-state index in [-0.39, 0.29) is 0 Å². The van der Waals surface area contributed by atoms with Gasteiger partial charge in [-0.15, -0.1) is 0 Å². The summed E-state index contributed by atoms with van der Waals surface area (Å²) in [7, 11) is 3.17. The van der Waals surface area contributed by atoms with Gasteiger partial charge in [-0.1, -0.05) is 5.16 Å². The van der Waals surface area contributed by atoms with Crippen molar-refractivity contribution >= 4 is 21.7 Å². The summed E-state index contributed by atoms with van der Waals surface area (Å²) in [4.78, 5) is 0. The largest absolute Gasteiger partial charge is 0.497 e. The van der Waals surface area contributed by atoms with E-state index in [1.54, 1.807) is 32.4 Å². The van der Waals surface area contributed by atoms with Crippen molar-refractivity contribution < 1.29 is 14.0 Å². The molecule has 0 aliphatic carbocycles. The molecule has 0 amide bonds. The molecule has 0 saturated carbocycles. The number of benzene rings is 1. The number of halogens is 1. The molecule has 0 spiro atoms. The predicted octanol–water partition coefficient (Wildman–Crippen LogP) is 2.70. The lowest BCUT2D eigenvalue weighted by Gasteiger charge is -2.08. The van der Waals surface area contributed by atoms with Crippen molar-refractivity contribution in [3.63, 3.8) is 0 Å². The maximum atomic E-state index is 5.62. The molecule has 0 bridgehead atoms. The van der Waals surface area contributed by atoms with Crippen molar-refractivity contribution in [1.82, 2.24) is 5.16 Å². The standard InChI is InChI=1S/C11H11BrN2O3/c1-15-6-3-4-8(16-2)7(5-6)10-9(12)11(13)14-17-10/h3-5H,1-2H3,(H2,13,14).